The van der Waals surface area contributed by atoms with Crippen LogP contribution in [0.15, 0.2) is 24.3 Å². The molecule has 0 aromatic carbocycles. The molecular weight excluding hydrogens is 853 g/mol. The molecule has 0 aliphatic carbocycles. The molecule has 0 aromatic heterocycles. The van der Waals surface area contributed by atoms with E-state index in [-0.39, 0.29) is 49.7 Å². The van der Waals surface area contributed by atoms with E-state index in [9.17, 15) is 19.2 Å². The van der Waals surface area contributed by atoms with Gasteiger partial charge >= 0.3 is 11.9 Å². The largest absolute Gasteiger partial charge is 0.466 e. The predicted octanol–water partition coefficient (Wildman–Crippen LogP) is 11.5. The zero-order valence-corrected chi connectivity index (χ0v) is 44.2. The van der Waals surface area contributed by atoms with Crippen molar-refractivity contribution in [3.63, 3.8) is 0 Å². The minimum atomic E-state index is -0.711. The molecule has 0 aliphatic heterocycles. The van der Waals surface area contributed by atoms with Gasteiger partial charge in [-0.05, 0) is 116 Å². The molecule has 2 amide bonds. The van der Waals surface area contributed by atoms with Gasteiger partial charge in [-0.3, -0.25) is 19.2 Å². The number of carbonyl (C=O) groups excluding carboxylic acids is 4. The van der Waals surface area contributed by atoms with Crippen LogP contribution in [0.5, 0.6) is 0 Å². The zero-order chi connectivity index (χ0) is 50.0. The lowest BCUT2D eigenvalue weighted by molar-refractivity contribution is -0.146. The fourth-order valence-corrected chi connectivity index (χ4v) is 8.33. The normalized spacial score (nSPS) is 12.5. The monoisotopic (exact) mass is 961 g/mol. The number of carbonyl (C=O) groups is 4. The summed E-state index contributed by atoms with van der Waals surface area (Å²) in [6.45, 7) is 7.31. The van der Waals surface area contributed by atoms with Gasteiger partial charge in [0.05, 0.1) is 38.1 Å². The molecule has 12 heteroatoms. The van der Waals surface area contributed by atoms with Crippen LogP contribution in [0.3, 0.4) is 0 Å². The molecule has 12 nitrogen and oxygen atoms in total. The SMILES string of the molecule is CCCCCCCCC=CCCCCCCCCOC(=O)CCN(CCCCN(CCC(=O)OCCCCCCCCC=CCCCCCCCC)C(=O)[C@@H](N)CCCN)C(=O)[C@@H](N)CCCN. The molecule has 0 heterocycles. The Morgan fingerprint density at radius 2 is 0.691 bits per heavy atom. The van der Waals surface area contributed by atoms with E-state index in [2.05, 4.69) is 38.2 Å². The lowest BCUT2D eigenvalue weighted by atomic mass is 10.1. The number of nitrogens with zero attached hydrogens (tertiary/aromatic N) is 2. The molecule has 0 unspecified atom stereocenters. The molecule has 0 rings (SSSR count). The number of ether oxygens (including phenoxy) is 2. The van der Waals surface area contributed by atoms with Crippen molar-refractivity contribution in [2.45, 2.75) is 257 Å². The first kappa shape index (κ1) is 65.2. The Labute approximate surface area is 417 Å². The molecule has 0 saturated heterocycles. The van der Waals surface area contributed by atoms with Crippen molar-refractivity contribution in [2.75, 3.05) is 52.5 Å². The Morgan fingerprint density at radius 1 is 0.397 bits per heavy atom. The van der Waals surface area contributed by atoms with E-state index < -0.39 is 12.1 Å². The average Bonchev–Trinajstić information content (AvgIpc) is 3.34. The topological polar surface area (TPSA) is 197 Å². The summed E-state index contributed by atoms with van der Waals surface area (Å²) < 4.78 is 11.1. The van der Waals surface area contributed by atoms with Crippen molar-refractivity contribution in [1.82, 2.24) is 9.80 Å². The summed E-state index contributed by atoms with van der Waals surface area (Å²) in [4.78, 5) is 55.6. The summed E-state index contributed by atoms with van der Waals surface area (Å²) in [7, 11) is 0. The van der Waals surface area contributed by atoms with Gasteiger partial charge in [0.15, 0.2) is 0 Å². The minimum absolute atomic E-state index is 0.0850. The molecule has 0 saturated carbocycles. The number of amides is 2. The molecule has 2 atom stereocenters. The van der Waals surface area contributed by atoms with Gasteiger partial charge < -0.3 is 42.2 Å². The maximum atomic E-state index is 13.4. The molecule has 0 spiro atoms. The van der Waals surface area contributed by atoms with Crippen LogP contribution in [0.2, 0.25) is 0 Å². The maximum Gasteiger partial charge on any atom is 0.307 e. The van der Waals surface area contributed by atoms with Crippen molar-refractivity contribution < 1.29 is 28.7 Å². The van der Waals surface area contributed by atoms with Crippen LogP contribution < -0.4 is 22.9 Å². The first-order chi connectivity index (χ1) is 33.2. The van der Waals surface area contributed by atoms with Gasteiger partial charge in [0.2, 0.25) is 11.8 Å². The lowest BCUT2D eigenvalue weighted by Gasteiger charge is -2.28. The Kier molecular flexibility index (Phi) is 48.5. The Balaban J connectivity index is 4.65. The Morgan fingerprint density at radius 3 is 1.00 bits per heavy atom. The summed E-state index contributed by atoms with van der Waals surface area (Å²) in [6, 6.07) is -1.42. The number of hydrogen-bond donors (Lipinski definition) is 4. The van der Waals surface area contributed by atoms with Gasteiger partial charge in [-0.15, -0.1) is 0 Å². The molecule has 398 valence electrons. The van der Waals surface area contributed by atoms with Gasteiger partial charge in [-0.25, -0.2) is 0 Å². The molecular formula is C56H108N6O6. The van der Waals surface area contributed by atoms with Crippen LogP contribution in [0.4, 0.5) is 0 Å². The first-order valence-electron chi connectivity index (χ1n) is 28.3. The third-order valence-electron chi connectivity index (χ3n) is 12.8. The summed E-state index contributed by atoms with van der Waals surface area (Å²) in [6.07, 6.45) is 47.0. The minimum Gasteiger partial charge on any atom is -0.466 e. The Hall–Kier alpha value is -2.80. The number of nitrogens with two attached hydrogens (primary N) is 4. The van der Waals surface area contributed by atoms with E-state index in [1.807, 2.05) is 0 Å². The van der Waals surface area contributed by atoms with Crippen LogP contribution in [0, 0.1) is 0 Å². The third-order valence-corrected chi connectivity index (χ3v) is 12.8. The van der Waals surface area contributed by atoms with Crippen LogP contribution in [-0.4, -0.2) is 98.1 Å². The predicted molar refractivity (Wildman–Crippen MR) is 285 cm³/mol. The standard InChI is InChI=1S/C56H108N6O6/c1-3-5-7-9-11-13-15-17-19-21-23-25-27-29-31-35-49-67-53(63)41-47-61(55(65)51(59)39-37-43-57)45-33-34-46-62(56(66)52(60)40-38-44-58)48-42-54(64)68-50-36-32-30-28-26-24-22-20-18-16-14-12-10-8-6-4-2/h17-20,51-52H,3-16,21-50,57-60H2,1-2H3/t51-,52-/m0/s1. The number of unbranched alkanes of at least 4 members (excludes halogenated alkanes) is 25. The quantitative estimate of drug-likeness (QED) is 0.0259. The van der Waals surface area contributed by atoms with Gasteiger partial charge in [0.25, 0.3) is 0 Å². The summed E-state index contributed by atoms with van der Waals surface area (Å²) in [5.74, 6) is -1.09. The van der Waals surface area contributed by atoms with Gasteiger partial charge in [0.1, 0.15) is 0 Å². The second-order valence-corrected chi connectivity index (χ2v) is 19.2. The van der Waals surface area contributed by atoms with E-state index in [4.69, 9.17) is 32.4 Å². The van der Waals surface area contributed by atoms with E-state index in [1.165, 1.54) is 128 Å². The summed E-state index contributed by atoms with van der Waals surface area (Å²) >= 11 is 0. The van der Waals surface area contributed by atoms with Crippen molar-refractivity contribution in [3.05, 3.63) is 24.3 Å². The van der Waals surface area contributed by atoms with Crippen molar-refractivity contribution in [1.29, 1.82) is 0 Å². The van der Waals surface area contributed by atoms with Crippen molar-refractivity contribution in [2.24, 2.45) is 22.9 Å². The van der Waals surface area contributed by atoms with Crippen LogP contribution in [-0.2, 0) is 28.7 Å². The highest BCUT2D eigenvalue weighted by atomic mass is 16.5. The number of esters is 2. The first-order valence-corrected chi connectivity index (χ1v) is 28.3. The summed E-state index contributed by atoms with van der Waals surface area (Å²) in [5, 5.41) is 0. The number of hydrogen-bond acceptors (Lipinski definition) is 10. The number of rotatable bonds is 51. The van der Waals surface area contributed by atoms with E-state index in [0.29, 0.717) is 77.9 Å². The van der Waals surface area contributed by atoms with Gasteiger partial charge in [-0.1, -0.05) is 154 Å². The molecule has 8 N–H and O–H groups in total. The van der Waals surface area contributed by atoms with Crippen LogP contribution in [0.1, 0.15) is 245 Å². The van der Waals surface area contributed by atoms with Gasteiger partial charge in [0, 0.05) is 26.2 Å². The van der Waals surface area contributed by atoms with Crippen molar-refractivity contribution >= 4 is 23.8 Å². The fraction of sp³-hybridized carbons (Fsp3) is 0.857. The smallest absolute Gasteiger partial charge is 0.307 e. The molecule has 0 bridgehead atoms. The highest BCUT2D eigenvalue weighted by Crippen LogP contribution is 2.14. The molecule has 0 aromatic rings. The van der Waals surface area contributed by atoms with E-state index in [0.717, 1.165) is 51.4 Å². The highest BCUT2D eigenvalue weighted by molar-refractivity contribution is 5.83. The fourth-order valence-electron chi connectivity index (χ4n) is 8.33. The third kappa shape index (κ3) is 42.1. The Bertz CT molecular complexity index is 1140. The lowest BCUT2D eigenvalue weighted by Crippen LogP contribution is -2.46. The second-order valence-electron chi connectivity index (χ2n) is 19.2. The average molecular weight is 962 g/mol. The van der Waals surface area contributed by atoms with Crippen LogP contribution >= 0.6 is 0 Å². The van der Waals surface area contributed by atoms with Crippen molar-refractivity contribution in [3.8, 4) is 0 Å². The number of allylic oxidation sites excluding steroid dienone is 4. The highest BCUT2D eigenvalue weighted by Gasteiger charge is 2.24. The van der Waals surface area contributed by atoms with E-state index in [1.54, 1.807) is 9.80 Å². The zero-order valence-electron chi connectivity index (χ0n) is 44.2. The van der Waals surface area contributed by atoms with Gasteiger partial charge in [-0.2, -0.15) is 0 Å². The second kappa shape index (κ2) is 50.6. The molecule has 0 aliphatic rings. The molecule has 68 heavy (non-hydrogen) atoms. The van der Waals surface area contributed by atoms with Crippen LogP contribution in [0.25, 0.3) is 0 Å². The summed E-state index contributed by atoms with van der Waals surface area (Å²) in [5.41, 5.74) is 23.9. The molecule has 0 fully saturated rings. The van der Waals surface area contributed by atoms with E-state index >= 15 is 0 Å². The molecule has 0 radical (unpaired) electrons. The maximum absolute atomic E-state index is 13.4.